The quantitative estimate of drug-likeness (QED) is 0.557. The molecule has 2 atom stereocenters. The van der Waals surface area contributed by atoms with Gasteiger partial charge in [-0.15, -0.1) is 0 Å². The number of aromatic amines is 1. The van der Waals surface area contributed by atoms with Crippen molar-refractivity contribution in [1.82, 2.24) is 20.3 Å². The largest absolute Gasteiger partial charge is 0.453 e. The third-order valence-electron chi connectivity index (χ3n) is 5.83. The highest BCUT2D eigenvalue weighted by molar-refractivity contribution is 9.10. The van der Waals surface area contributed by atoms with Crippen molar-refractivity contribution >= 4 is 33.6 Å². The number of carbonyl (C=O) groups is 2. The van der Waals surface area contributed by atoms with Gasteiger partial charge in [-0.05, 0) is 52.0 Å². The van der Waals surface area contributed by atoms with Gasteiger partial charge in [0.15, 0.2) is 0 Å². The van der Waals surface area contributed by atoms with Crippen LogP contribution in [-0.4, -0.2) is 40.1 Å². The lowest BCUT2D eigenvalue weighted by Gasteiger charge is -2.27. The van der Waals surface area contributed by atoms with Gasteiger partial charge in [0.1, 0.15) is 16.5 Å². The molecule has 0 fully saturated rings. The summed E-state index contributed by atoms with van der Waals surface area (Å²) in [4.78, 5) is 39.4. The van der Waals surface area contributed by atoms with Crippen LogP contribution in [0.4, 0.5) is 10.5 Å². The second-order valence-electron chi connectivity index (χ2n) is 7.63. The minimum absolute atomic E-state index is 0.151. The maximum atomic E-state index is 13.5. The van der Waals surface area contributed by atoms with E-state index in [0.29, 0.717) is 25.1 Å². The number of para-hydroxylation sites is 1. The molecule has 3 aromatic rings. The first-order valence-corrected chi connectivity index (χ1v) is 10.8. The maximum Gasteiger partial charge on any atom is 0.407 e. The molecule has 2 aliphatic rings. The summed E-state index contributed by atoms with van der Waals surface area (Å²) in [5.41, 5.74) is 4.89. The van der Waals surface area contributed by atoms with Crippen LogP contribution in [0.3, 0.4) is 0 Å². The minimum Gasteiger partial charge on any atom is -0.453 e. The second kappa shape index (κ2) is 7.81. The molecule has 4 heterocycles. The number of hydrogen-bond donors (Lipinski definition) is 2. The lowest BCUT2D eigenvalue weighted by atomic mass is 10.0. The van der Waals surface area contributed by atoms with Crippen molar-refractivity contribution in [2.45, 2.75) is 31.3 Å². The number of nitrogens with zero attached hydrogens (tertiary/aromatic N) is 3. The van der Waals surface area contributed by atoms with Gasteiger partial charge in [-0.2, -0.15) is 0 Å². The number of H-pyrrole nitrogens is 1. The summed E-state index contributed by atoms with van der Waals surface area (Å²) in [6.45, 7) is 0. The van der Waals surface area contributed by atoms with Crippen molar-refractivity contribution < 1.29 is 14.3 Å². The Morgan fingerprint density at radius 3 is 2.84 bits per heavy atom. The molecule has 158 valence electrons. The molecule has 0 radical (unpaired) electrons. The molecule has 0 saturated heterocycles. The topological polar surface area (TPSA) is 100 Å². The number of alkyl carbamates (subject to hydrolysis) is 1. The normalized spacial score (nSPS) is 19.7. The standard InChI is InChI=1S/C22H20BrN5O3/c1-31-22(30)27-15-7-5-12-3-2-4-13-9-17(28(19(12)13)21(15)29)20-25-11-16(26-20)14-6-8-18(23)24-10-14/h2-4,6,8,10-11,15,17H,5,7,9H2,1H3,(H,25,26)(H,27,30)/t15-,17-/m0/s1. The van der Waals surface area contributed by atoms with Crippen molar-refractivity contribution in [3.63, 3.8) is 0 Å². The van der Waals surface area contributed by atoms with Crippen LogP contribution in [0.25, 0.3) is 11.3 Å². The van der Waals surface area contributed by atoms with Crippen molar-refractivity contribution in [3.8, 4) is 11.3 Å². The van der Waals surface area contributed by atoms with Gasteiger partial charge in [0.2, 0.25) is 5.91 Å². The number of amides is 2. The second-order valence-corrected chi connectivity index (χ2v) is 8.44. The highest BCUT2D eigenvalue weighted by Gasteiger charge is 2.42. The smallest absolute Gasteiger partial charge is 0.407 e. The lowest BCUT2D eigenvalue weighted by Crippen LogP contribution is -2.48. The molecule has 0 unspecified atom stereocenters. The van der Waals surface area contributed by atoms with Crippen LogP contribution in [0.5, 0.6) is 0 Å². The number of nitrogens with one attached hydrogen (secondary N) is 2. The zero-order valence-corrected chi connectivity index (χ0v) is 18.3. The Hall–Kier alpha value is -3.20. The predicted octanol–water partition coefficient (Wildman–Crippen LogP) is 3.54. The Bertz CT molecular complexity index is 1160. The van der Waals surface area contributed by atoms with Crippen LogP contribution in [0, 0.1) is 0 Å². The van der Waals surface area contributed by atoms with Crippen LogP contribution in [0.2, 0.25) is 0 Å². The lowest BCUT2D eigenvalue weighted by molar-refractivity contribution is -0.121. The molecule has 0 saturated carbocycles. The number of hydrogen-bond acceptors (Lipinski definition) is 5. The number of rotatable bonds is 3. The highest BCUT2D eigenvalue weighted by Crippen LogP contribution is 2.44. The van der Waals surface area contributed by atoms with E-state index in [1.54, 1.807) is 17.3 Å². The number of methoxy groups -OCH3 is 1. The average Bonchev–Trinajstić information content (AvgIpc) is 3.38. The summed E-state index contributed by atoms with van der Waals surface area (Å²) < 4.78 is 5.48. The molecule has 0 spiro atoms. The summed E-state index contributed by atoms with van der Waals surface area (Å²) >= 11 is 3.35. The van der Waals surface area contributed by atoms with Gasteiger partial charge in [0.05, 0.1) is 30.7 Å². The molecule has 2 amide bonds. The van der Waals surface area contributed by atoms with Crippen molar-refractivity contribution in [3.05, 3.63) is 64.3 Å². The maximum absolute atomic E-state index is 13.5. The molecule has 5 rings (SSSR count). The number of halogens is 1. The van der Waals surface area contributed by atoms with Gasteiger partial charge in [0, 0.05) is 18.2 Å². The van der Waals surface area contributed by atoms with Crippen molar-refractivity contribution in [2.75, 3.05) is 12.0 Å². The number of ether oxygens (including phenoxy) is 1. The SMILES string of the molecule is COC(=O)N[C@H]1CCc2cccc3c2N(C1=O)[C@H](c1ncc(-c2ccc(Br)nc2)[nH]1)C3. The van der Waals surface area contributed by atoms with Gasteiger partial charge in [-0.3, -0.25) is 9.69 Å². The van der Waals surface area contributed by atoms with E-state index in [0.717, 1.165) is 32.7 Å². The Labute approximate surface area is 187 Å². The molecule has 8 nitrogen and oxygen atoms in total. The fourth-order valence-electron chi connectivity index (χ4n) is 4.37. The summed E-state index contributed by atoms with van der Waals surface area (Å²) in [6, 6.07) is 9.00. The van der Waals surface area contributed by atoms with Gasteiger partial charge < -0.3 is 15.0 Å². The average molecular weight is 482 g/mol. The number of anilines is 1. The molecule has 1 aromatic carbocycles. The molecule has 2 N–H and O–H groups in total. The zero-order chi connectivity index (χ0) is 21.5. The van der Waals surface area contributed by atoms with E-state index >= 15 is 0 Å². The van der Waals surface area contributed by atoms with Crippen LogP contribution in [0.1, 0.15) is 29.4 Å². The zero-order valence-electron chi connectivity index (χ0n) is 16.8. The first-order chi connectivity index (χ1) is 15.0. The number of aromatic nitrogens is 3. The van der Waals surface area contributed by atoms with Crippen LogP contribution in [0.15, 0.2) is 47.3 Å². The third kappa shape index (κ3) is 3.48. The minimum atomic E-state index is -0.654. The van der Waals surface area contributed by atoms with Crippen LogP contribution >= 0.6 is 15.9 Å². The number of carbonyl (C=O) groups excluding carboxylic acids is 2. The molecular formula is C22H20BrN5O3. The fraction of sp³-hybridized carbons (Fsp3) is 0.273. The summed E-state index contributed by atoms with van der Waals surface area (Å²) in [6.07, 6.45) is 4.78. The molecule has 0 bridgehead atoms. The first-order valence-electron chi connectivity index (χ1n) is 10.0. The third-order valence-corrected chi connectivity index (χ3v) is 6.30. The van der Waals surface area contributed by atoms with E-state index in [9.17, 15) is 9.59 Å². The van der Waals surface area contributed by atoms with E-state index in [1.807, 2.05) is 24.3 Å². The van der Waals surface area contributed by atoms with Crippen molar-refractivity contribution in [2.24, 2.45) is 0 Å². The van der Waals surface area contributed by atoms with E-state index in [1.165, 1.54) is 7.11 Å². The summed E-state index contributed by atoms with van der Waals surface area (Å²) in [7, 11) is 1.30. The fourth-order valence-corrected chi connectivity index (χ4v) is 4.61. The van der Waals surface area contributed by atoms with E-state index in [-0.39, 0.29) is 11.9 Å². The summed E-state index contributed by atoms with van der Waals surface area (Å²) in [5.74, 6) is 0.550. The molecule has 9 heteroatoms. The first kappa shape index (κ1) is 19.7. The Balaban J connectivity index is 1.52. The molecule has 0 aliphatic carbocycles. The van der Waals surface area contributed by atoms with E-state index in [4.69, 9.17) is 4.74 Å². The molecule has 2 aromatic heterocycles. The highest BCUT2D eigenvalue weighted by atomic mass is 79.9. The van der Waals surface area contributed by atoms with E-state index in [2.05, 4.69) is 42.3 Å². The number of aryl methyl sites for hydroxylation is 1. The summed E-state index contributed by atoms with van der Waals surface area (Å²) in [5, 5.41) is 2.69. The van der Waals surface area contributed by atoms with Crippen molar-refractivity contribution in [1.29, 1.82) is 0 Å². The van der Waals surface area contributed by atoms with Gasteiger partial charge in [0.25, 0.3) is 0 Å². The van der Waals surface area contributed by atoms with Crippen LogP contribution < -0.4 is 10.2 Å². The number of pyridine rings is 1. The Kier molecular flexibility index (Phi) is 4.97. The molecule has 2 aliphatic heterocycles. The molecular weight excluding hydrogens is 462 g/mol. The van der Waals surface area contributed by atoms with Gasteiger partial charge >= 0.3 is 6.09 Å². The monoisotopic (exact) mass is 481 g/mol. The Morgan fingerprint density at radius 1 is 1.23 bits per heavy atom. The Morgan fingerprint density at radius 2 is 2.06 bits per heavy atom. The number of benzene rings is 1. The van der Waals surface area contributed by atoms with Gasteiger partial charge in [-0.1, -0.05) is 18.2 Å². The number of imidazole rings is 1. The van der Waals surface area contributed by atoms with E-state index < -0.39 is 12.1 Å². The van der Waals surface area contributed by atoms with Gasteiger partial charge in [-0.25, -0.2) is 14.8 Å². The van der Waals surface area contributed by atoms with Crippen LogP contribution in [-0.2, 0) is 22.4 Å². The molecule has 31 heavy (non-hydrogen) atoms. The predicted molar refractivity (Wildman–Crippen MR) is 118 cm³/mol.